The topological polar surface area (TPSA) is 71.8 Å². The van der Waals surface area contributed by atoms with E-state index in [1.165, 1.54) is 19.2 Å². The number of benzene rings is 1. The van der Waals surface area contributed by atoms with Crippen LogP contribution < -0.4 is 10.6 Å². The van der Waals surface area contributed by atoms with Gasteiger partial charge in [-0.1, -0.05) is 30.7 Å². The van der Waals surface area contributed by atoms with Gasteiger partial charge in [0, 0.05) is 17.8 Å². The van der Waals surface area contributed by atoms with Crippen molar-refractivity contribution in [2.75, 3.05) is 6.26 Å². The second kappa shape index (κ2) is 8.19. The molecule has 7 heteroatoms. The number of hydrogen-bond donors (Lipinski definition) is 2. The van der Waals surface area contributed by atoms with Crippen molar-refractivity contribution < 1.29 is 4.79 Å². The van der Waals surface area contributed by atoms with Crippen LogP contribution in [0.5, 0.6) is 0 Å². The Kier molecular flexibility index (Phi) is 5.74. The van der Waals surface area contributed by atoms with Crippen LogP contribution in [-0.4, -0.2) is 38.3 Å². The number of nitrogens with zero attached hydrogens (tertiary/aromatic N) is 3. The summed E-state index contributed by atoms with van der Waals surface area (Å²) in [6.07, 6.45) is 8.80. The molecule has 1 aliphatic rings. The molecule has 2 N–H and O–H groups in total. The summed E-state index contributed by atoms with van der Waals surface area (Å²) in [5.74, 6) is 0. The molecular formula is C17H23N5OS. The summed E-state index contributed by atoms with van der Waals surface area (Å²) in [4.78, 5) is 16.1. The second-order valence-corrected chi connectivity index (χ2v) is 7.13. The van der Waals surface area contributed by atoms with Crippen LogP contribution in [0.3, 0.4) is 0 Å². The van der Waals surface area contributed by atoms with Crippen molar-refractivity contribution in [2.45, 2.75) is 43.6 Å². The molecule has 24 heavy (non-hydrogen) atoms. The summed E-state index contributed by atoms with van der Waals surface area (Å²) in [5.41, 5.74) is 2.22. The van der Waals surface area contributed by atoms with Crippen molar-refractivity contribution in [3.05, 3.63) is 48.0 Å². The number of rotatable bonds is 6. The summed E-state index contributed by atoms with van der Waals surface area (Å²) in [6, 6.07) is 8.36. The Morgan fingerprint density at radius 2 is 2.25 bits per heavy atom. The fraction of sp³-hybridized carbons (Fsp3) is 0.471. The van der Waals surface area contributed by atoms with Crippen LogP contribution in [0.25, 0.3) is 0 Å². The van der Waals surface area contributed by atoms with Gasteiger partial charge < -0.3 is 10.6 Å². The van der Waals surface area contributed by atoms with E-state index in [0.29, 0.717) is 24.4 Å². The SMILES string of the molecule is CS[C@H]1CCC[C@@H]1NC(=O)NCc1cccc(Cn2cncn2)c1. The maximum Gasteiger partial charge on any atom is 0.315 e. The molecule has 3 rings (SSSR count). The number of thioether (sulfide) groups is 1. The van der Waals surface area contributed by atoms with Crippen LogP contribution >= 0.6 is 11.8 Å². The van der Waals surface area contributed by atoms with Crippen molar-refractivity contribution in [3.63, 3.8) is 0 Å². The van der Waals surface area contributed by atoms with Gasteiger partial charge in [-0.15, -0.1) is 0 Å². The Morgan fingerprint density at radius 3 is 3.04 bits per heavy atom. The molecule has 0 radical (unpaired) electrons. The zero-order valence-corrected chi connectivity index (χ0v) is 14.6. The Bertz CT molecular complexity index is 661. The number of carbonyl (C=O) groups is 1. The number of urea groups is 1. The van der Waals surface area contributed by atoms with Gasteiger partial charge in [-0.25, -0.2) is 14.5 Å². The lowest BCUT2D eigenvalue weighted by Crippen LogP contribution is -2.44. The lowest BCUT2D eigenvalue weighted by atomic mass is 10.1. The zero-order chi connectivity index (χ0) is 16.8. The molecule has 1 fully saturated rings. The largest absolute Gasteiger partial charge is 0.334 e. The molecule has 0 aliphatic heterocycles. The fourth-order valence-corrected chi connectivity index (χ4v) is 4.05. The van der Waals surface area contributed by atoms with E-state index in [1.807, 2.05) is 30.0 Å². The van der Waals surface area contributed by atoms with E-state index in [1.54, 1.807) is 11.0 Å². The summed E-state index contributed by atoms with van der Waals surface area (Å²) in [6.45, 7) is 1.20. The molecule has 0 unspecified atom stereocenters. The van der Waals surface area contributed by atoms with Gasteiger partial charge in [0.1, 0.15) is 12.7 Å². The standard InChI is InChI=1S/C17H23N5OS/c1-24-16-7-3-6-15(16)21-17(23)19-9-13-4-2-5-14(8-13)10-22-12-18-11-20-22/h2,4-5,8,11-12,15-16H,3,6-7,9-10H2,1H3,(H2,19,21,23)/t15-,16-/m0/s1. The first kappa shape index (κ1) is 16.8. The third-order valence-corrected chi connectivity index (χ3v) is 5.50. The van der Waals surface area contributed by atoms with Gasteiger partial charge in [-0.05, 0) is 30.2 Å². The van der Waals surface area contributed by atoms with Crippen molar-refractivity contribution in [2.24, 2.45) is 0 Å². The highest BCUT2D eigenvalue weighted by Gasteiger charge is 2.27. The first-order valence-corrected chi connectivity index (χ1v) is 9.51. The number of amides is 2. The second-order valence-electron chi connectivity index (χ2n) is 6.05. The van der Waals surface area contributed by atoms with Crippen molar-refractivity contribution in [1.29, 1.82) is 0 Å². The predicted molar refractivity (Wildman–Crippen MR) is 95.9 cm³/mol. The summed E-state index contributed by atoms with van der Waals surface area (Å²) >= 11 is 1.84. The Hall–Kier alpha value is -2.02. The summed E-state index contributed by atoms with van der Waals surface area (Å²) < 4.78 is 1.78. The number of aromatic nitrogens is 3. The molecular weight excluding hydrogens is 322 g/mol. The van der Waals surface area contributed by atoms with Gasteiger partial charge in [0.2, 0.25) is 0 Å². The molecule has 6 nitrogen and oxygen atoms in total. The van der Waals surface area contributed by atoms with Crippen molar-refractivity contribution in [1.82, 2.24) is 25.4 Å². The molecule has 0 bridgehead atoms. The predicted octanol–water partition coefficient (Wildman–Crippen LogP) is 2.41. The Balaban J connectivity index is 1.50. The molecule has 0 spiro atoms. The number of hydrogen-bond acceptors (Lipinski definition) is 4. The quantitative estimate of drug-likeness (QED) is 0.843. The summed E-state index contributed by atoms with van der Waals surface area (Å²) in [7, 11) is 0. The highest BCUT2D eigenvalue weighted by atomic mass is 32.2. The highest BCUT2D eigenvalue weighted by Crippen LogP contribution is 2.28. The van der Waals surface area contributed by atoms with Crippen LogP contribution in [0.4, 0.5) is 4.79 Å². The van der Waals surface area contributed by atoms with Crippen LogP contribution in [0.15, 0.2) is 36.9 Å². The fourth-order valence-electron chi connectivity index (χ4n) is 3.11. The van der Waals surface area contributed by atoms with Crippen LogP contribution in [0, 0.1) is 0 Å². The van der Waals surface area contributed by atoms with Gasteiger partial charge >= 0.3 is 6.03 Å². The van der Waals surface area contributed by atoms with Crippen molar-refractivity contribution >= 4 is 17.8 Å². The van der Waals surface area contributed by atoms with E-state index in [9.17, 15) is 4.79 Å². The molecule has 1 saturated carbocycles. The molecule has 0 saturated heterocycles. The minimum absolute atomic E-state index is 0.0809. The van der Waals surface area contributed by atoms with E-state index in [2.05, 4.69) is 33.0 Å². The van der Waals surface area contributed by atoms with Gasteiger partial charge in [0.25, 0.3) is 0 Å². The van der Waals surface area contributed by atoms with Gasteiger partial charge in [0.15, 0.2) is 0 Å². The Labute approximate surface area is 146 Å². The number of carbonyl (C=O) groups excluding carboxylic acids is 1. The first-order valence-electron chi connectivity index (χ1n) is 8.22. The van der Waals surface area contributed by atoms with Gasteiger partial charge in [-0.2, -0.15) is 16.9 Å². The molecule has 1 aromatic heterocycles. The van der Waals surface area contributed by atoms with E-state index >= 15 is 0 Å². The molecule has 1 heterocycles. The average Bonchev–Trinajstić information content (AvgIpc) is 3.25. The van der Waals surface area contributed by atoms with Crippen LogP contribution in [0.2, 0.25) is 0 Å². The minimum Gasteiger partial charge on any atom is -0.334 e. The lowest BCUT2D eigenvalue weighted by molar-refractivity contribution is 0.237. The lowest BCUT2D eigenvalue weighted by Gasteiger charge is -2.19. The van der Waals surface area contributed by atoms with Gasteiger partial charge in [0.05, 0.1) is 6.54 Å². The molecule has 1 aliphatic carbocycles. The minimum atomic E-state index is -0.0809. The molecule has 128 valence electrons. The third-order valence-electron chi connectivity index (χ3n) is 4.33. The number of nitrogens with one attached hydrogen (secondary N) is 2. The Morgan fingerprint density at radius 1 is 1.38 bits per heavy atom. The normalized spacial score (nSPS) is 20.0. The van der Waals surface area contributed by atoms with E-state index in [4.69, 9.17) is 0 Å². The zero-order valence-electron chi connectivity index (χ0n) is 13.8. The smallest absolute Gasteiger partial charge is 0.315 e. The molecule has 2 amide bonds. The molecule has 1 aromatic carbocycles. The van der Waals surface area contributed by atoms with Crippen molar-refractivity contribution in [3.8, 4) is 0 Å². The monoisotopic (exact) mass is 345 g/mol. The average molecular weight is 345 g/mol. The molecule has 2 aromatic rings. The van der Waals surface area contributed by atoms with E-state index in [0.717, 1.165) is 17.5 Å². The highest BCUT2D eigenvalue weighted by molar-refractivity contribution is 7.99. The van der Waals surface area contributed by atoms with E-state index < -0.39 is 0 Å². The maximum absolute atomic E-state index is 12.1. The maximum atomic E-state index is 12.1. The summed E-state index contributed by atoms with van der Waals surface area (Å²) in [5, 5.41) is 10.7. The van der Waals surface area contributed by atoms with Crippen LogP contribution in [-0.2, 0) is 13.1 Å². The molecule has 2 atom stereocenters. The van der Waals surface area contributed by atoms with Gasteiger partial charge in [-0.3, -0.25) is 0 Å². The first-order chi connectivity index (χ1) is 11.7. The van der Waals surface area contributed by atoms with E-state index in [-0.39, 0.29) is 6.03 Å². The van der Waals surface area contributed by atoms with Crippen LogP contribution in [0.1, 0.15) is 30.4 Å². The third kappa shape index (κ3) is 4.50.